The van der Waals surface area contributed by atoms with Crippen molar-refractivity contribution in [1.82, 2.24) is 10.2 Å². The van der Waals surface area contributed by atoms with Crippen LogP contribution in [0.4, 0.5) is 0 Å². The van der Waals surface area contributed by atoms with Gasteiger partial charge in [0.25, 0.3) is 0 Å². The SMILES string of the molecule is CCCCC[C@@H](O)C[C@H]1CC(=O)NCCCN1C. The highest BCUT2D eigenvalue weighted by Crippen LogP contribution is 2.15. The minimum absolute atomic E-state index is 0.118. The Labute approximate surface area is 111 Å². The number of carbonyl (C=O) groups is 1. The summed E-state index contributed by atoms with van der Waals surface area (Å²) in [7, 11) is 2.06. The molecule has 0 aromatic rings. The van der Waals surface area contributed by atoms with Gasteiger partial charge < -0.3 is 15.3 Å². The molecule has 2 atom stereocenters. The standard InChI is InChI=1S/C14H28N2O2/c1-3-4-5-7-13(17)10-12-11-14(18)15-8-6-9-16(12)2/h12-13,17H,3-11H2,1-2H3,(H,15,18)/t12-,13+/m0/s1. The molecular formula is C14H28N2O2. The van der Waals surface area contributed by atoms with Crippen LogP contribution < -0.4 is 5.32 Å². The average Bonchev–Trinajstić information content (AvgIpc) is 2.32. The Morgan fingerprint density at radius 3 is 3.00 bits per heavy atom. The second-order valence-corrected chi connectivity index (χ2v) is 5.43. The third-order valence-corrected chi connectivity index (χ3v) is 3.74. The van der Waals surface area contributed by atoms with E-state index in [0.29, 0.717) is 12.8 Å². The summed E-state index contributed by atoms with van der Waals surface area (Å²) in [5, 5.41) is 12.9. The molecule has 2 N–H and O–H groups in total. The van der Waals surface area contributed by atoms with Crippen molar-refractivity contribution in [1.29, 1.82) is 0 Å². The van der Waals surface area contributed by atoms with Gasteiger partial charge in [-0.05, 0) is 32.9 Å². The molecule has 4 heteroatoms. The van der Waals surface area contributed by atoms with E-state index in [1.165, 1.54) is 12.8 Å². The van der Waals surface area contributed by atoms with Crippen molar-refractivity contribution in [2.45, 2.75) is 64.0 Å². The second kappa shape index (κ2) is 8.48. The van der Waals surface area contributed by atoms with Gasteiger partial charge in [-0.1, -0.05) is 26.2 Å². The van der Waals surface area contributed by atoms with Crippen LogP contribution in [0.5, 0.6) is 0 Å². The lowest BCUT2D eigenvalue weighted by Gasteiger charge is -2.31. The van der Waals surface area contributed by atoms with Gasteiger partial charge >= 0.3 is 0 Å². The summed E-state index contributed by atoms with van der Waals surface area (Å²) >= 11 is 0. The molecule has 1 aliphatic heterocycles. The van der Waals surface area contributed by atoms with Crippen molar-refractivity contribution >= 4 is 5.91 Å². The van der Waals surface area contributed by atoms with Crippen LogP contribution in [0.2, 0.25) is 0 Å². The summed E-state index contributed by atoms with van der Waals surface area (Å²) in [5.74, 6) is 0.118. The Balaban J connectivity index is 2.37. The third-order valence-electron chi connectivity index (χ3n) is 3.74. The van der Waals surface area contributed by atoms with Crippen molar-refractivity contribution in [3.05, 3.63) is 0 Å². The molecule has 0 radical (unpaired) electrons. The Kier molecular flexibility index (Phi) is 7.28. The van der Waals surface area contributed by atoms with Gasteiger partial charge in [0.1, 0.15) is 0 Å². The summed E-state index contributed by atoms with van der Waals surface area (Å²) in [6.07, 6.45) is 6.26. The zero-order chi connectivity index (χ0) is 13.4. The number of aliphatic hydroxyl groups excluding tert-OH is 1. The first-order valence-electron chi connectivity index (χ1n) is 7.28. The lowest BCUT2D eigenvalue weighted by atomic mass is 9.99. The van der Waals surface area contributed by atoms with E-state index in [9.17, 15) is 9.90 Å². The monoisotopic (exact) mass is 256 g/mol. The normalized spacial score (nSPS) is 24.2. The second-order valence-electron chi connectivity index (χ2n) is 5.43. The van der Waals surface area contributed by atoms with E-state index in [4.69, 9.17) is 0 Å². The van der Waals surface area contributed by atoms with Gasteiger partial charge in [-0.25, -0.2) is 0 Å². The molecule has 0 aromatic carbocycles. The molecule has 4 nitrogen and oxygen atoms in total. The van der Waals surface area contributed by atoms with E-state index in [0.717, 1.165) is 32.4 Å². The summed E-state index contributed by atoms with van der Waals surface area (Å²) in [5.41, 5.74) is 0. The van der Waals surface area contributed by atoms with Gasteiger partial charge in [0.15, 0.2) is 0 Å². The third kappa shape index (κ3) is 5.83. The molecule has 0 saturated carbocycles. The molecule has 0 bridgehead atoms. The number of hydrogen-bond acceptors (Lipinski definition) is 3. The highest BCUT2D eigenvalue weighted by atomic mass is 16.3. The minimum Gasteiger partial charge on any atom is -0.393 e. The fourth-order valence-electron chi connectivity index (χ4n) is 2.51. The fourth-order valence-corrected chi connectivity index (χ4v) is 2.51. The van der Waals surface area contributed by atoms with Gasteiger partial charge in [-0.3, -0.25) is 4.79 Å². The Bertz CT molecular complexity index is 246. The van der Waals surface area contributed by atoms with E-state index in [2.05, 4.69) is 24.2 Å². The minimum atomic E-state index is -0.267. The molecule has 106 valence electrons. The number of aliphatic hydroxyl groups is 1. The fraction of sp³-hybridized carbons (Fsp3) is 0.929. The number of unbranched alkanes of at least 4 members (excludes halogenated alkanes) is 2. The average molecular weight is 256 g/mol. The number of nitrogens with one attached hydrogen (secondary N) is 1. The molecule has 0 spiro atoms. The van der Waals surface area contributed by atoms with E-state index in [1.54, 1.807) is 0 Å². The molecule has 1 heterocycles. The molecule has 0 aliphatic carbocycles. The predicted molar refractivity (Wildman–Crippen MR) is 73.4 cm³/mol. The molecule has 0 aromatic heterocycles. The van der Waals surface area contributed by atoms with Crippen molar-refractivity contribution in [3.63, 3.8) is 0 Å². The van der Waals surface area contributed by atoms with E-state index in [1.807, 2.05) is 0 Å². The number of carbonyl (C=O) groups excluding carboxylic acids is 1. The first-order chi connectivity index (χ1) is 8.63. The number of hydrogen-bond donors (Lipinski definition) is 2. The summed E-state index contributed by atoms with van der Waals surface area (Å²) in [4.78, 5) is 13.8. The number of amides is 1. The van der Waals surface area contributed by atoms with E-state index >= 15 is 0 Å². The van der Waals surface area contributed by atoms with Crippen molar-refractivity contribution in [2.24, 2.45) is 0 Å². The zero-order valence-electron chi connectivity index (χ0n) is 11.8. The van der Waals surface area contributed by atoms with Gasteiger partial charge in [0.2, 0.25) is 5.91 Å². The van der Waals surface area contributed by atoms with Crippen LogP contribution in [0, 0.1) is 0 Å². The van der Waals surface area contributed by atoms with Crippen molar-refractivity contribution in [2.75, 3.05) is 20.1 Å². The lowest BCUT2D eigenvalue weighted by Crippen LogP contribution is -2.43. The maximum absolute atomic E-state index is 11.6. The van der Waals surface area contributed by atoms with Gasteiger partial charge in [-0.15, -0.1) is 0 Å². The quantitative estimate of drug-likeness (QED) is 0.709. The van der Waals surface area contributed by atoms with Crippen LogP contribution in [0.3, 0.4) is 0 Å². The first-order valence-corrected chi connectivity index (χ1v) is 7.28. The van der Waals surface area contributed by atoms with Crippen LogP contribution in [0.15, 0.2) is 0 Å². The maximum Gasteiger partial charge on any atom is 0.221 e. The van der Waals surface area contributed by atoms with Crippen LogP contribution >= 0.6 is 0 Å². The Hall–Kier alpha value is -0.610. The zero-order valence-corrected chi connectivity index (χ0v) is 11.8. The highest BCUT2D eigenvalue weighted by Gasteiger charge is 2.23. The Morgan fingerprint density at radius 1 is 1.50 bits per heavy atom. The molecule has 0 unspecified atom stereocenters. The Morgan fingerprint density at radius 2 is 2.28 bits per heavy atom. The summed E-state index contributed by atoms with van der Waals surface area (Å²) in [6.45, 7) is 3.93. The van der Waals surface area contributed by atoms with E-state index in [-0.39, 0.29) is 18.1 Å². The van der Waals surface area contributed by atoms with Crippen LogP contribution in [-0.2, 0) is 4.79 Å². The van der Waals surface area contributed by atoms with Crippen LogP contribution in [-0.4, -0.2) is 48.2 Å². The highest BCUT2D eigenvalue weighted by molar-refractivity contribution is 5.76. The molecule has 1 amide bonds. The molecular weight excluding hydrogens is 228 g/mol. The summed E-state index contributed by atoms with van der Waals surface area (Å²) in [6, 6.07) is 0.182. The molecule has 1 rings (SSSR count). The van der Waals surface area contributed by atoms with Gasteiger partial charge in [0.05, 0.1) is 6.10 Å². The molecule has 1 saturated heterocycles. The predicted octanol–water partition coefficient (Wildman–Crippen LogP) is 1.53. The number of rotatable bonds is 6. The molecule has 18 heavy (non-hydrogen) atoms. The molecule has 1 fully saturated rings. The van der Waals surface area contributed by atoms with Crippen LogP contribution in [0.1, 0.15) is 51.9 Å². The van der Waals surface area contributed by atoms with Crippen LogP contribution in [0.25, 0.3) is 0 Å². The van der Waals surface area contributed by atoms with E-state index < -0.39 is 0 Å². The summed E-state index contributed by atoms with van der Waals surface area (Å²) < 4.78 is 0. The number of nitrogens with zero attached hydrogens (tertiary/aromatic N) is 1. The van der Waals surface area contributed by atoms with Crippen molar-refractivity contribution in [3.8, 4) is 0 Å². The van der Waals surface area contributed by atoms with Gasteiger partial charge in [-0.2, -0.15) is 0 Å². The first kappa shape index (κ1) is 15.4. The topological polar surface area (TPSA) is 52.6 Å². The van der Waals surface area contributed by atoms with Crippen molar-refractivity contribution < 1.29 is 9.90 Å². The maximum atomic E-state index is 11.6. The van der Waals surface area contributed by atoms with Gasteiger partial charge in [0, 0.05) is 19.0 Å². The molecule has 1 aliphatic rings. The largest absolute Gasteiger partial charge is 0.393 e. The lowest BCUT2D eigenvalue weighted by molar-refractivity contribution is -0.123. The smallest absolute Gasteiger partial charge is 0.221 e.